The number of hydrogen-bond acceptors (Lipinski definition) is 0. The summed E-state index contributed by atoms with van der Waals surface area (Å²) in [4.78, 5) is 0. The first-order valence-electron chi connectivity index (χ1n) is 54.5. The van der Waals surface area contributed by atoms with Crippen LogP contribution in [-0.2, 0) is 0 Å². The van der Waals surface area contributed by atoms with Crippen molar-refractivity contribution in [2.75, 3.05) is 0 Å². The Hall–Kier alpha value is -4.46. The molecular weight excluding hydrogens is 1690 g/mol. The minimum Gasteiger partial charge on any atom is -0.107 e. The number of hydrogen-bond donors (Lipinski definition) is 0. The summed E-state index contributed by atoms with van der Waals surface area (Å²) >= 11 is 0. The van der Waals surface area contributed by atoms with Gasteiger partial charge in [0.2, 0.25) is 0 Å². The van der Waals surface area contributed by atoms with Crippen LogP contribution in [0, 0.1) is 206 Å². The van der Waals surface area contributed by atoms with Gasteiger partial charge in [-0.05, 0) is 387 Å². The van der Waals surface area contributed by atoms with Crippen molar-refractivity contribution >= 4 is 0 Å². The summed E-state index contributed by atoms with van der Waals surface area (Å²) in [5.41, 5.74) is 29.8. The number of rotatable bonds is 3. The Balaban J connectivity index is -0.000000114. The molecule has 0 unspecified atom stereocenters. The van der Waals surface area contributed by atoms with E-state index in [0.29, 0.717) is 108 Å². The molecule has 3 rings (SSSR count). The third-order valence-corrected chi connectivity index (χ3v) is 36.3. The third-order valence-electron chi connectivity index (χ3n) is 36.3. The highest BCUT2D eigenvalue weighted by molar-refractivity contribution is 5.43. The van der Waals surface area contributed by atoms with Gasteiger partial charge in [-0.15, -0.1) is 23.7 Å². The molecule has 3 aliphatic carbocycles. The van der Waals surface area contributed by atoms with Crippen molar-refractivity contribution in [3.05, 3.63) is 78.0 Å². The fourth-order valence-electron chi connectivity index (χ4n) is 12.9. The highest BCUT2D eigenvalue weighted by Crippen LogP contribution is 2.78. The van der Waals surface area contributed by atoms with Gasteiger partial charge in [0, 0.05) is 27.1 Å². The molecule has 0 aliphatic heterocycles. The van der Waals surface area contributed by atoms with Crippen molar-refractivity contribution in [3.63, 3.8) is 0 Å². The van der Waals surface area contributed by atoms with Gasteiger partial charge in [-0.25, -0.2) is 0 Å². The molecule has 0 nitrogen and oxygen atoms in total. The molecule has 834 valence electrons. The Labute approximate surface area is 901 Å². The molecule has 0 heteroatoms. The van der Waals surface area contributed by atoms with E-state index in [9.17, 15) is 0 Å². The van der Waals surface area contributed by atoms with E-state index >= 15 is 0 Å². The molecule has 141 heavy (non-hydrogen) atoms. The summed E-state index contributed by atoms with van der Waals surface area (Å²) in [5.74, 6) is 34.3. The van der Waals surface area contributed by atoms with Crippen LogP contribution in [0.2, 0.25) is 0 Å². The van der Waals surface area contributed by atoms with Crippen molar-refractivity contribution in [2.24, 2.45) is 135 Å². The van der Waals surface area contributed by atoms with Crippen molar-refractivity contribution in [2.45, 2.75) is 623 Å². The fourth-order valence-corrected chi connectivity index (χ4v) is 12.9. The molecule has 0 heterocycles. The van der Waals surface area contributed by atoms with E-state index in [4.69, 9.17) is 0 Å². The van der Waals surface area contributed by atoms with E-state index in [0.717, 1.165) is 0 Å². The standard InChI is InChI=1S/C14H30.3C12H24.3C10H18.2C9H18.C8H18.2C7H12.C6H12.C6H6.C5H12.C4H6/c1-11(2,3)13(7,8)14(9,10)12(4,5)6;1-9(2)10(3,4)12(7,8)11(9,5)6;1-9(11(3,4)5)10(2)12(6,7)8;1-9(2)10(3)12(7,8)11(4,5)6;1-9(2,3)7-8-10(4,5)6;1-7-8-10(5,6)9(2,3)4;1-7(2)9(5)10(6)8(3)4;1-7(2)8(3,4)9(7,5)6;1-7(2)8(3)9(4,5)6;1-7(2,3)8(4,5)6;1-5-6(2)7(5,3)4;1-5-6-7(2,3)4;1-5(2)6(3)4;1-3-5-6-4-2;1-5(2,3)4;1-3-4-2/h1-10H3;3*1-8H3;3*1-6H3;2*1-6H3;1-6H3;2*1-4H3;1-4H3;1-2H3;1-4H3;1-2H3/b;;10-9-;;;;;;;;;;;;;. The topological polar surface area (TPSA) is 0 Å². The van der Waals surface area contributed by atoms with E-state index in [1.807, 2.05) is 27.7 Å². The normalized spacial score (nSPS) is 15.8. The largest absolute Gasteiger partial charge is 0.107 e. The predicted molar refractivity (Wildman–Crippen MR) is 667 cm³/mol. The lowest BCUT2D eigenvalue weighted by Gasteiger charge is -2.76. The third kappa shape index (κ3) is 63.2. The minimum atomic E-state index is 0.127. The first-order valence-corrected chi connectivity index (χ1v) is 54.5. The van der Waals surface area contributed by atoms with Crippen LogP contribution in [0.25, 0.3) is 0 Å². The zero-order valence-electron chi connectivity index (χ0n) is 116. The highest BCUT2D eigenvalue weighted by Gasteiger charge is 2.72. The summed E-state index contributed by atoms with van der Waals surface area (Å²) in [6.07, 6.45) is 0. The lowest BCUT2D eigenvalue weighted by Crippen LogP contribution is -2.70. The van der Waals surface area contributed by atoms with Crippen molar-refractivity contribution in [1.29, 1.82) is 0 Å². The Kier molecular flexibility index (Phi) is 71.8. The molecule has 2 fully saturated rings. The first kappa shape index (κ1) is 164. The molecule has 0 saturated heterocycles. The lowest BCUT2D eigenvalue weighted by atomic mass is 9.28. The van der Waals surface area contributed by atoms with E-state index in [-0.39, 0.29) is 27.1 Å². The van der Waals surface area contributed by atoms with Gasteiger partial charge in [-0.3, -0.25) is 0 Å². The second kappa shape index (κ2) is 61.6. The molecule has 0 atom stereocenters. The van der Waals surface area contributed by atoms with Gasteiger partial charge in [0.1, 0.15) is 0 Å². The summed E-state index contributed by atoms with van der Waals surface area (Å²) < 4.78 is 0. The van der Waals surface area contributed by atoms with Gasteiger partial charge < -0.3 is 0 Å². The van der Waals surface area contributed by atoms with Gasteiger partial charge in [-0.1, -0.05) is 469 Å². The van der Waals surface area contributed by atoms with Crippen LogP contribution in [0.15, 0.2) is 78.0 Å². The van der Waals surface area contributed by atoms with E-state index in [1.165, 1.54) is 66.9 Å². The smallest absolute Gasteiger partial charge is 0.0306 e. The lowest BCUT2D eigenvalue weighted by molar-refractivity contribution is -0.283. The second-order valence-electron chi connectivity index (χ2n) is 62.8. The molecule has 0 bridgehead atoms. The maximum Gasteiger partial charge on any atom is 0.0306 e. The van der Waals surface area contributed by atoms with Crippen LogP contribution in [0.5, 0.6) is 0 Å². The van der Waals surface area contributed by atoms with Crippen molar-refractivity contribution in [3.8, 4) is 71.0 Å². The van der Waals surface area contributed by atoms with Crippen LogP contribution in [-0.4, -0.2) is 0 Å². The van der Waals surface area contributed by atoms with Gasteiger partial charge in [0.05, 0.1) is 0 Å². The second-order valence-corrected chi connectivity index (χ2v) is 62.8. The average molecular weight is 1970 g/mol. The van der Waals surface area contributed by atoms with Crippen LogP contribution in [0.3, 0.4) is 0 Å². The summed E-state index contributed by atoms with van der Waals surface area (Å²) in [5, 5.41) is 0. The van der Waals surface area contributed by atoms with Gasteiger partial charge in [-0.2, -0.15) is 0 Å². The Bertz CT molecular complexity index is 3980. The number of allylic oxidation sites excluding steroid dienone is 14. The van der Waals surface area contributed by atoms with E-state index < -0.39 is 0 Å². The monoisotopic (exact) mass is 1960 g/mol. The molecule has 0 amide bonds. The maximum absolute atomic E-state index is 3.21. The maximum atomic E-state index is 3.21. The molecule has 0 aromatic heterocycles. The van der Waals surface area contributed by atoms with E-state index in [2.05, 4.69) is 653 Å². The Morgan fingerprint density at radius 3 is 0.426 bits per heavy atom. The molecule has 0 radical (unpaired) electrons. The van der Waals surface area contributed by atoms with Gasteiger partial charge >= 0.3 is 0 Å². The molecule has 0 aromatic carbocycles. The minimum absolute atomic E-state index is 0.127. The summed E-state index contributed by atoms with van der Waals surface area (Å²) in [6.45, 7) is 200. The summed E-state index contributed by atoms with van der Waals surface area (Å²) in [6, 6.07) is 0. The highest BCUT2D eigenvalue weighted by atomic mass is 14.8. The summed E-state index contributed by atoms with van der Waals surface area (Å²) in [7, 11) is 0. The zero-order chi connectivity index (χ0) is 119. The molecular formula is C141H270. The average Bonchev–Trinajstić information content (AvgIpc) is 1.66. The zero-order valence-corrected chi connectivity index (χ0v) is 116. The van der Waals surface area contributed by atoms with Gasteiger partial charge in [0.25, 0.3) is 0 Å². The Morgan fingerprint density at radius 1 is 0.191 bits per heavy atom. The molecule has 0 N–H and O–H groups in total. The van der Waals surface area contributed by atoms with Crippen molar-refractivity contribution in [1.82, 2.24) is 0 Å². The van der Waals surface area contributed by atoms with E-state index in [1.54, 1.807) is 25.0 Å². The van der Waals surface area contributed by atoms with Crippen LogP contribution >= 0.6 is 0 Å². The Morgan fingerprint density at radius 2 is 0.369 bits per heavy atom. The molecule has 0 spiro atoms. The first-order chi connectivity index (χ1) is 60.4. The molecule has 0 aromatic rings. The quantitative estimate of drug-likeness (QED) is 0.150. The molecule has 2 saturated carbocycles. The van der Waals surface area contributed by atoms with Crippen LogP contribution < -0.4 is 0 Å². The van der Waals surface area contributed by atoms with Gasteiger partial charge in [0.15, 0.2) is 0 Å². The predicted octanol–water partition coefficient (Wildman–Crippen LogP) is 48.4. The SMILES string of the molecule is C/C(=C(\C)C(C)(C)C)C(C)(C)C.CC#CC.CC#CC#CC.CC#CC(C)(C)C.CC#CC(C)(C)C(C)(C)C.CC(C)(C)C.CC(C)(C)C#CC(C)(C)C.CC(C)(C)C(C)(C)C.CC(C)(C)C(C)(C)C(C)(C)C(C)(C)C.CC(C)=C(C)C.CC(C)=C(C)C(C)(C)C.CC(C)=C(C)C(C)(C)C(C)(C)C.CC(C)=C(C)C(C)=C(C)C.CC1(C)C(C)(C)C(C)(C)C1(C)C.CC1(C)C(C)(C)C1(C)C.CC1=C(C)C1(C)C. The van der Waals surface area contributed by atoms with Crippen LogP contribution in [0.4, 0.5) is 0 Å². The fraction of sp³-hybridized carbons (Fsp3) is 0.816. The molecule has 3 aliphatic rings. The van der Waals surface area contributed by atoms with Crippen molar-refractivity contribution < 1.29 is 0 Å². The van der Waals surface area contributed by atoms with Crippen LogP contribution in [0.1, 0.15) is 623 Å².